The maximum absolute atomic E-state index is 12.0. The Labute approximate surface area is 118 Å². The molecule has 4 N–H and O–H groups in total. The molecule has 0 spiro atoms. The van der Waals surface area contributed by atoms with Crippen LogP contribution in [0.3, 0.4) is 0 Å². The lowest BCUT2D eigenvalue weighted by Gasteiger charge is -2.10. The number of anilines is 1. The zero-order valence-electron chi connectivity index (χ0n) is 10.9. The van der Waals surface area contributed by atoms with Crippen molar-refractivity contribution in [2.24, 2.45) is 5.73 Å². The van der Waals surface area contributed by atoms with Crippen molar-refractivity contribution in [2.75, 3.05) is 11.9 Å². The van der Waals surface area contributed by atoms with E-state index in [-0.39, 0.29) is 24.6 Å². The molecule has 0 aromatic heterocycles. The third-order valence-electron chi connectivity index (χ3n) is 2.25. The SMILES string of the molecule is NC(=O)NCCCC(=O)Nc1ccc(OC(F)(F)F)cc1. The number of urea groups is 1. The van der Waals surface area contributed by atoms with Crippen LogP contribution < -0.4 is 21.1 Å². The Morgan fingerprint density at radius 2 is 1.81 bits per heavy atom. The standard InChI is InChI=1S/C12H14F3N3O3/c13-12(14,15)21-9-5-3-8(4-6-9)18-10(19)2-1-7-17-11(16)20/h3-6H,1-2,7H2,(H,18,19)(H3,16,17,20). The van der Waals surface area contributed by atoms with E-state index < -0.39 is 12.4 Å². The first-order valence-corrected chi connectivity index (χ1v) is 5.95. The fourth-order valence-electron chi connectivity index (χ4n) is 1.42. The first kappa shape index (κ1) is 16.6. The molecule has 0 radical (unpaired) electrons. The van der Waals surface area contributed by atoms with Gasteiger partial charge in [0.25, 0.3) is 0 Å². The highest BCUT2D eigenvalue weighted by Gasteiger charge is 2.30. The topological polar surface area (TPSA) is 93.5 Å². The molecule has 0 saturated carbocycles. The van der Waals surface area contributed by atoms with Gasteiger partial charge in [0.15, 0.2) is 0 Å². The number of carbonyl (C=O) groups excluding carboxylic acids is 2. The maximum Gasteiger partial charge on any atom is 0.573 e. The first-order chi connectivity index (χ1) is 9.76. The minimum atomic E-state index is -4.75. The van der Waals surface area contributed by atoms with Crippen LogP contribution >= 0.6 is 0 Å². The van der Waals surface area contributed by atoms with E-state index in [2.05, 4.69) is 15.4 Å². The summed E-state index contributed by atoms with van der Waals surface area (Å²) in [6.07, 6.45) is -4.22. The van der Waals surface area contributed by atoms with Crippen molar-refractivity contribution < 1.29 is 27.5 Å². The summed E-state index contributed by atoms with van der Waals surface area (Å²) in [5, 5.41) is 4.83. The highest BCUT2D eigenvalue weighted by molar-refractivity contribution is 5.90. The highest BCUT2D eigenvalue weighted by atomic mass is 19.4. The lowest BCUT2D eigenvalue weighted by Crippen LogP contribution is -2.30. The zero-order chi connectivity index (χ0) is 15.9. The molecule has 0 atom stereocenters. The zero-order valence-corrected chi connectivity index (χ0v) is 10.9. The van der Waals surface area contributed by atoms with E-state index in [1.54, 1.807) is 0 Å². The van der Waals surface area contributed by atoms with Gasteiger partial charge in [-0.05, 0) is 30.7 Å². The van der Waals surface area contributed by atoms with Crippen molar-refractivity contribution in [3.05, 3.63) is 24.3 Å². The number of amides is 3. The normalized spacial score (nSPS) is 10.8. The van der Waals surface area contributed by atoms with Gasteiger partial charge < -0.3 is 21.1 Å². The van der Waals surface area contributed by atoms with E-state index >= 15 is 0 Å². The quantitative estimate of drug-likeness (QED) is 0.701. The largest absolute Gasteiger partial charge is 0.573 e. The Kier molecular flexibility index (Phi) is 5.82. The van der Waals surface area contributed by atoms with E-state index in [9.17, 15) is 22.8 Å². The Morgan fingerprint density at radius 3 is 2.33 bits per heavy atom. The van der Waals surface area contributed by atoms with Gasteiger partial charge in [0.05, 0.1) is 0 Å². The molecule has 21 heavy (non-hydrogen) atoms. The Balaban J connectivity index is 2.37. The Morgan fingerprint density at radius 1 is 1.19 bits per heavy atom. The second kappa shape index (κ2) is 7.36. The van der Waals surface area contributed by atoms with Gasteiger partial charge in [-0.1, -0.05) is 0 Å². The number of nitrogens with one attached hydrogen (secondary N) is 2. The molecule has 0 bridgehead atoms. The molecular formula is C12H14F3N3O3. The van der Waals surface area contributed by atoms with Gasteiger partial charge in [0, 0.05) is 18.7 Å². The number of hydrogen-bond acceptors (Lipinski definition) is 3. The van der Waals surface area contributed by atoms with Crippen LogP contribution in [0.15, 0.2) is 24.3 Å². The van der Waals surface area contributed by atoms with E-state index in [0.717, 1.165) is 12.1 Å². The molecule has 116 valence electrons. The molecule has 1 aromatic carbocycles. The number of carbonyl (C=O) groups is 2. The summed E-state index contributed by atoms with van der Waals surface area (Å²) in [5.74, 6) is -0.697. The summed E-state index contributed by atoms with van der Waals surface area (Å²) >= 11 is 0. The minimum Gasteiger partial charge on any atom is -0.406 e. The predicted molar refractivity (Wildman–Crippen MR) is 68.6 cm³/mol. The second-order valence-corrected chi connectivity index (χ2v) is 4.01. The lowest BCUT2D eigenvalue weighted by atomic mass is 10.2. The number of rotatable bonds is 6. The summed E-state index contributed by atoms with van der Waals surface area (Å²) in [4.78, 5) is 21.9. The van der Waals surface area contributed by atoms with Gasteiger partial charge in [-0.2, -0.15) is 0 Å². The third kappa shape index (κ3) is 7.65. The number of nitrogens with two attached hydrogens (primary N) is 1. The summed E-state index contributed by atoms with van der Waals surface area (Å²) in [6, 6.07) is 4.10. The van der Waals surface area contributed by atoms with Crippen LogP contribution in [-0.2, 0) is 4.79 Å². The van der Waals surface area contributed by atoms with Crippen LogP contribution in [0.1, 0.15) is 12.8 Å². The number of hydrogen-bond donors (Lipinski definition) is 3. The molecule has 0 aliphatic rings. The summed E-state index contributed by atoms with van der Waals surface area (Å²) in [6.45, 7) is 0.265. The Hall–Kier alpha value is -2.45. The maximum atomic E-state index is 12.0. The fourth-order valence-corrected chi connectivity index (χ4v) is 1.42. The van der Waals surface area contributed by atoms with Crippen LogP contribution in [0.5, 0.6) is 5.75 Å². The van der Waals surface area contributed by atoms with Gasteiger partial charge >= 0.3 is 12.4 Å². The van der Waals surface area contributed by atoms with Crippen molar-refractivity contribution in [3.8, 4) is 5.75 Å². The summed E-state index contributed by atoms with van der Waals surface area (Å²) in [7, 11) is 0. The minimum absolute atomic E-state index is 0.140. The van der Waals surface area contributed by atoms with Gasteiger partial charge in [0.2, 0.25) is 5.91 Å². The average molecular weight is 305 g/mol. The van der Waals surface area contributed by atoms with Gasteiger partial charge in [-0.25, -0.2) is 4.79 Å². The number of ether oxygens (including phenoxy) is 1. The van der Waals surface area contributed by atoms with Crippen LogP contribution in [-0.4, -0.2) is 24.8 Å². The molecular weight excluding hydrogens is 291 g/mol. The van der Waals surface area contributed by atoms with Crippen molar-refractivity contribution in [3.63, 3.8) is 0 Å². The van der Waals surface area contributed by atoms with Crippen molar-refractivity contribution in [1.82, 2.24) is 5.32 Å². The predicted octanol–water partition coefficient (Wildman–Crippen LogP) is 1.97. The second-order valence-electron chi connectivity index (χ2n) is 4.01. The van der Waals surface area contributed by atoms with E-state index in [4.69, 9.17) is 5.73 Å². The van der Waals surface area contributed by atoms with Crippen LogP contribution in [0, 0.1) is 0 Å². The number of halogens is 3. The van der Waals surface area contributed by atoms with Crippen LogP contribution in [0.25, 0.3) is 0 Å². The summed E-state index contributed by atoms with van der Waals surface area (Å²) in [5.41, 5.74) is 5.19. The molecule has 0 aliphatic heterocycles. The van der Waals surface area contributed by atoms with Crippen molar-refractivity contribution in [1.29, 1.82) is 0 Å². The van der Waals surface area contributed by atoms with E-state index in [1.807, 2.05) is 0 Å². The molecule has 0 aliphatic carbocycles. The third-order valence-corrected chi connectivity index (χ3v) is 2.25. The van der Waals surface area contributed by atoms with Crippen LogP contribution in [0.4, 0.5) is 23.7 Å². The highest BCUT2D eigenvalue weighted by Crippen LogP contribution is 2.23. The van der Waals surface area contributed by atoms with Crippen molar-refractivity contribution in [2.45, 2.75) is 19.2 Å². The average Bonchev–Trinajstić information content (AvgIpc) is 2.35. The molecule has 1 aromatic rings. The van der Waals surface area contributed by atoms with E-state index in [1.165, 1.54) is 12.1 Å². The molecule has 0 fully saturated rings. The van der Waals surface area contributed by atoms with Gasteiger partial charge in [-0.15, -0.1) is 13.2 Å². The number of benzene rings is 1. The molecule has 6 nitrogen and oxygen atoms in total. The lowest BCUT2D eigenvalue weighted by molar-refractivity contribution is -0.274. The molecule has 0 heterocycles. The van der Waals surface area contributed by atoms with E-state index in [0.29, 0.717) is 12.1 Å². The van der Waals surface area contributed by atoms with Gasteiger partial charge in [0.1, 0.15) is 5.75 Å². The monoisotopic (exact) mass is 305 g/mol. The molecule has 3 amide bonds. The van der Waals surface area contributed by atoms with Crippen molar-refractivity contribution >= 4 is 17.6 Å². The van der Waals surface area contributed by atoms with Crippen LogP contribution in [0.2, 0.25) is 0 Å². The van der Waals surface area contributed by atoms with Gasteiger partial charge in [-0.3, -0.25) is 4.79 Å². The Bertz CT molecular complexity index is 489. The first-order valence-electron chi connectivity index (χ1n) is 5.95. The smallest absolute Gasteiger partial charge is 0.406 e. The fraction of sp³-hybridized carbons (Fsp3) is 0.333. The molecule has 9 heteroatoms. The summed E-state index contributed by atoms with van der Waals surface area (Å²) < 4.78 is 39.6. The number of primary amides is 1. The molecule has 0 saturated heterocycles. The number of alkyl halides is 3. The molecule has 0 unspecified atom stereocenters. The molecule has 1 rings (SSSR count).